The fraction of sp³-hybridized carbons (Fsp3) is 0.429. The maximum absolute atomic E-state index is 13.8. The van der Waals surface area contributed by atoms with Crippen LogP contribution in [0.2, 0.25) is 0 Å². The van der Waals surface area contributed by atoms with Crippen LogP contribution < -0.4 is 60.8 Å². The summed E-state index contributed by atoms with van der Waals surface area (Å²) in [6.07, 6.45) is 3.33. The highest BCUT2D eigenvalue weighted by molar-refractivity contribution is 6.39. The molecule has 0 spiro atoms. The highest BCUT2D eigenvalue weighted by Crippen LogP contribution is 2.08. The number of amides is 1. The molecular formula is C35H54N14O4. The second-order valence-corrected chi connectivity index (χ2v) is 12.6. The first-order valence-corrected chi connectivity index (χ1v) is 17.5. The van der Waals surface area contributed by atoms with Gasteiger partial charge in [0.2, 0.25) is 17.5 Å². The zero-order chi connectivity index (χ0) is 38.6. The third kappa shape index (κ3) is 16.2. The van der Waals surface area contributed by atoms with Crippen LogP contribution in [0.25, 0.3) is 0 Å². The van der Waals surface area contributed by atoms with E-state index in [1.54, 1.807) is 54.7 Å². The van der Waals surface area contributed by atoms with Crippen LogP contribution in [-0.2, 0) is 38.6 Å². The molecular weight excluding hydrogens is 680 g/mol. The second kappa shape index (κ2) is 23.0. The Morgan fingerprint density at radius 3 is 1.98 bits per heavy atom. The summed E-state index contributed by atoms with van der Waals surface area (Å²) in [5.74, 6) is -1.92. The largest absolute Gasteiger partial charge is 0.384 e. The first-order valence-electron chi connectivity index (χ1n) is 17.5. The first kappa shape index (κ1) is 42.7. The quantitative estimate of drug-likeness (QED) is 0.00956. The van der Waals surface area contributed by atoms with Crippen molar-refractivity contribution in [3.63, 3.8) is 0 Å². The van der Waals surface area contributed by atoms with Gasteiger partial charge in [0, 0.05) is 36.8 Å². The summed E-state index contributed by atoms with van der Waals surface area (Å²) >= 11 is 0. The van der Waals surface area contributed by atoms with Crippen LogP contribution in [0.15, 0.2) is 67.1 Å². The molecule has 18 nitrogen and oxygen atoms in total. The van der Waals surface area contributed by atoms with Gasteiger partial charge in [-0.3, -0.25) is 35.2 Å². The monoisotopic (exact) mass is 734 g/mol. The number of Topliss-reactive ketones (excluding diaryl/α,β-unsaturated/α-hetero) is 3. The van der Waals surface area contributed by atoms with Gasteiger partial charge >= 0.3 is 0 Å². The summed E-state index contributed by atoms with van der Waals surface area (Å²) < 4.78 is 0. The number of ketones is 3. The minimum absolute atomic E-state index is 0.0557. The number of nitrogens with one attached hydrogen (secondary N) is 8. The van der Waals surface area contributed by atoms with E-state index in [0.29, 0.717) is 49.2 Å². The van der Waals surface area contributed by atoms with Crippen LogP contribution in [0.4, 0.5) is 0 Å². The number of aromatic amines is 1. The second-order valence-electron chi connectivity index (χ2n) is 12.6. The van der Waals surface area contributed by atoms with Crippen LogP contribution in [0.3, 0.4) is 0 Å². The number of H-pyrrole nitrogens is 1. The Bertz CT molecular complexity index is 1570. The van der Waals surface area contributed by atoms with Crippen molar-refractivity contribution in [1.82, 2.24) is 42.1 Å². The lowest BCUT2D eigenvalue weighted by Crippen LogP contribution is -2.57. The first-order chi connectivity index (χ1) is 25.4. The minimum Gasteiger partial charge on any atom is -0.384 e. The number of aromatic nitrogens is 2. The molecule has 18 N–H and O–H groups in total. The number of hydrogen-bond acceptors (Lipinski definition) is 15. The van der Waals surface area contributed by atoms with Crippen LogP contribution in [-0.4, -0.2) is 89.4 Å². The van der Waals surface area contributed by atoms with E-state index in [-0.39, 0.29) is 49.9 Å². The van der Waals surface area contributed by atoms with Gasteiger partial charge in [0.25, 0.3) is 0 Å². The zero-order valence-corrected chi connectivity index (χ0v) is 29.8. The molecule has 53 heavy (non-hydrogen) atoms. The van der Waals surface area contributed by atoms with E-state index in [1.165, 1.54) is 6.33 Å². The highest BCUT2D eigenvalue weighted by Gasteiger charge is 2.28. The predicted molar refractivity (Wildman–Crippen MR) is 201 cm³/mol. The summed E-state index contributed by atoms with van der Waals surface area (Å²) in [5.41, 5.74) is 36.7. The standard InChI is InChI=1S/C35H54N14O4/c36-32(37)24-12-10-23(11-13-24)18-46-33(53)27(9-5-15-44-35(40)41)48-49-28(17-25-19-42-21-47-25)30(51)20-45-26(8-4-14-43-34(38)39)31(52)29(50)16-22-6-2-1-3-7-22/h1-3,6-7,10-13,19,21,26-28,34-35,43-45,48-49H,4-5,8-9,14-18,20,38-41H2,(H3,36,37)(H,42,47)(H,46,53)/t26-,27-,28-/m0/s1. The third-order valence-corrected chi connectivity index (χ3v) is 8.27. The minimum atomic E-state index is -0.934. The van der Waals surface area contributed by atoms with Crippen LogP contribution in [0.1, 0.15) is 48.1 Å². The van der Waals surface area contributed by atoms with E-state index in [2.05, 4.69) is 42.1 Å². The lowest BCUT2D eigenvalue weighted by Gasteiger charge is -2.25. The molecule has 3 atom stereocenters. The molecule has 2 aromatic carbocycles. The highest BCUT2D eigenvalue weighted by atomic mass is 16.2. The molecule has 0 aliphatic carbocycles. The molecule has 0 radical (unpaired) electrons. The Hall–Kier alpha value is -4.76. The molecule has 0 fully saturated rings. The number of amidine groups is 1. The maximum atomic E-state index is 13.8. The van der Waals surface area contributed by atoms with E-state index >= 15 is 0 Å². The van der Waals surface area contributed by atoms with Crippen molar-refractivity contribution in [2.75, 3.05) is 19.6 Å². The molecule has 0 saturated carbocycles. The van der Waals surface area contributed by atoms with Crippen molar-refractivity contribution in [2.45, 2.75) is 75.8 Å². The normalized spacial score (nSPS) is 13.1. The third-order valence-electron chi connectivity index (χ3n) is 8.27. The summed E-state index contributed by atoms with van der Waals surface area (Å²) in [7, 11) is 0. The van der Waals surface area contributed by atoms with Crippen molar-refractivity contribution in [1.29, 1.82) is 5.41 Å². The van der Waals surface area contributed by atoms with E-state index in [4.69, 9.17) is 34.1 Å². The van der Waals surface area contributed by atoms with E-state index in [1.807, 2.05) is 6.07 Å². The lowest BCUT2D eigenvalue weighted by atomic mass is 9.98. The topological polar surface area (TPSA) is 323 Å². The number of nitrogen functional groups attached to an aromatic ring is 1. The van der Waals surface area contributed by atoms with E-state index in [0.717, 1.165) is 5.56 Å². The molecule has 1 amide bonds. The SMILES string of the molecule is N=C(N)c1ccc(CNC(=O)[C@H](CCCNC(N)N)NN[C@@H](Cc2cnc[nH]2)C(=O)CN[C@@H](CCCNC(N)N)C(=O)C(=O)Cc2ccccc2)cc1. The Kier molecular flexibility index (Phi) is 18.5. The Balaban J connectivity index is 1.70. The lowest BCUT2D eigenvalue weighted by molar-refractivity contribution is -0.137. The Labute approximate surface area is 309 Å². The fourth-order valence-corrected chi connectivity index (χ4v) is 5.33. The van der Waals surface area contributed by atoms with E-state index in [9.17, 15) is 19.2 Å². The molecule has 3 rings (SSSR count). The fourth-order valence-electron chi connectivity index (χ4n) is 5.33. The number of hydrazine groups is 1. The Morgan fingerprint density at radius 1 is 0.774 bits per heavy atom. The van der Waals surface area contributed by atoms with Crippen molar-refractivity contribution in [3.05, 3.63) is 89.5 Å². The molecule has 1 aromatic heterocycles. The van der Waals surface area contributed by atoms with E-state index < -0.39 is 42.3 Å². The van der Waals surface area contributed by atoms with Gasteiger partial charge in [-0.25, -0.2) is 15.8 Å². The van der Waals surface area contributed by atoms with Crippen molar-refractivity contribution in [2.24, 2.45) is 28.7 Å². The molecule has 1 heterocycles. The smallest absolute Gasteiger partial charge is 0.238 e. The number of imidazole rings is 1. The van der Waals surface area contributed by atoms with Gasteiger partial charge in [0.1, 0.15) is 18.4 Å². The molecule has 0 aliphatic rings. The predicted octanol–water partition coefficient (Wildman–Crippen LogP) is -2.57. The van der Waals surface area contributed by atoms with Gasteiger partial charge in [-0.05, 0) is 49.9 Å². The molecule has 0 unspecified atom stereocenters. The van der Waals surface area contributed by atoms with Gasteiger partial charge in [-0.15, -0.1) is 0 Å². The number of benzene rings is 2. The summed E-state index contributed by atoms with van der Waals surface area (Å²) in [5, 5.41) is 19.3. The summed E-state index contributed by atoms with van der Waals surface area (Å²) in [6, 6.07) is 13.3. The number of carbonyl (C=O) groups is 4. The Morgan fingerprint density at radius 2 is 1.40 bits per heavy atom. The van der Waals surface area contributed by atoms with Crippen LogP contribution in [0.5, 0.6) is 0 Å². The number of hydrogen-bond donors (Lipinski definition) is 13. The van der Waals surface area contributed by atoms with Crippen LogP contribution >= 0.6 is 0 Å². The molecule has 3 aromatic rings. The van der Waals surface area contributed by atoms with Crippen molar-refractivity contribution in [3.8, 4) is 0 Å². The molecule has 18 heteroatoms. The molecule has 288 valence electrons. The van der Waals surface area contributed by atoms with Crippen molar-refractivity contribution < 1.29 is 19.2 Å². The summed E-state index contributed by atoms with van der Waals surface area (Å²) in [6.45, 7) is 0.809. The maximum Gasteiger partial charge on any atom is 0.238 e. The molecule has 0 saturated heterocycles. The van der Waals surface area contributed by atoms with Gasteiger partial charge in [0.15, 0.2) is 5.78 Å². The van der Waals surface area contributed by atoms with Gasteiger partial charge in [0.05, 0.1) is 31.0 Å². The number of rotatable bonds is 27. The van der Waals surface area contributed by atoms with Gasteiger partial charge < -0.3 is 44.3 Å². The number of nitrogens with two attached hydrogens (primary N) is 5. The molecule has 0 bridgehead atoms. The number of nitrogens with zero attached hydrogens (tertiary/aromatic N) is 1. The van der Waals surface area contributed by atoms with Gasteiger partial charge in [-0.1, -0.05) is 54.6 Å². The number of carbonyl (C=O) groups excluding carboxylic acids is 4. The molecule has 0 aliphatic heterocycles. The average molecular weight is 735 g/mol. The van der Waals surface area contributed by atoms with Gasteiger partial charge in [-0.2, -0.15) is 0 Å². The average Bonchev–Trinajstić information content (AvgIpc) is 3.66. The van der Waals surface area contributed by atoms with Crippen LogP contribution in [0, 0.1) is 5.41 Å². The summed E-state index contributed by atoms with van der Waals surface area (Å²) in [4.78, 5) is 60.6. The zero-order valence-electron chi connectivity index (χ0n) is 29.8. The van der Waals surface area contributed by atoms with Crippen molar-refractivity contribution >= 4 is 29.1 Å².